The quantitative estimate of drug-likeness (QED) is 0.890. The second kappa shape index (κ2) is 5.62. The molecule has 0 bridgehead atoms. The highest BCUT2D eigenvalue weighted by Gasteiger charge is 2.21. The molecule has 0 saturated heterocycles. The first kappa shape index (κ1) is 13.7. The van der Waals surface area contributed by atoms with Gasteiger partial charge in [-0.15, -0.1) is 11.3 Å². The van der Waals surface area contributed by atoms with Crippen molar-refractivity contribution in [2.45, 2.75) is 32.2 Å². The Labute approximate surface area is 121 Å². The highest BCUT2D eigenvalue weighted by Crippen LogP contribution is 2.36. The van der Waals surface area contributed by atoms with Crippen LogP contribution in [-0.2, 0) is 12.8 Å². The van der Waals surface area contributed by atoms with Crippen molar-refractivity contribution in [3.8, 4) is 0 Å². The molecular weight excluding hydrogens is 276 g/mol. The van der Waals surface area contributed by atoms with Crippen molar-refractivity contribution in [1.82, 2.24) is 5.32 Å². The van der Waals surface area contributed by atoms with Gasteiger partial charge >= 0.3 is 0 Å². The number of hydrogen-bond acceptors (Lipinski definition) is 2. The molecule has 1 atom stereocenters. The molecule has 1 aliphatic carbocycles. The molecule has 3 rings (SSSR count). The van der Waals surface area contributed by atoms with Crippen molar-refractivity contribution in [1.29, 1.82) is 0 Å². The fraction of sp³-hybridized carbons (Fsp3) is 0.375. The Morgan fingerprint density at radius 3 is 2.75 bits per heavy atom. The average Bonchev–Trinajstić information content (AvgIpc) is 3.00. The molecule has 0 saturated carbocycles. The minimum atomic E-state index is -0.794. The van der Waals surface area contributed by atoms with Crippen molar-refractivity contribution in [2.75, 3.05) is 6.54 Å². The van der Waals surface area contributed by atoms with Gasteiger partial charge in [0.2, 0.25) is 0 Å². The zero-order valence-corrected chi connectivity index (χ0v) is 12.2. The van der Waals surface area contributed by atoms with Gasteiger partial charge < -0.3 is 5.32 Å². The number of aryl methyl sites for hydroxylation is 2. The lowest BCUT2D eigenvalue weighted by molar-refractivity contribution is 0.504. The van der Waals surface area contributed by atoms with Crippen LogP contribution in [-0.4, -0.2) is 6.54 Å². The van der Waals surface area contributed by atoms with Crippen LogP contribution in [0.15, 0.2) is 24.3 Å². The molecule has 1 aliphatic rings. The van der Waals surface area contributed by atoms with Gasteiger partial charge in [-0.1, -0.05) is 13.0 Å². The van der Waals surface area contributed by atoms with Gasteiger partial charge in [-0.05, 0) is 55.1 Å². The minimum absolute atomic E-state index is 0.0503. The van der Waals surface area contributed by atoms with Crippen molar-refractivity contribution in [3.05, 3.63) is 56.8 Å². The summed E-state index contributed by atoms with van der Waals surface area (Å²) >= 11 is 1.80. The zero-order valence-electron chi connectivity index (χ0n) is 11.4. The molecule has 0 radical (unpaired) electrons. The van der Waals surface area contributed by atoms with E-state index in [-0.39, 0.29) is 6.04 Å². The number of nitrogens with one attached hydrogen (secondary N) is 1. The van der Waals surface area contributed by atoms with E-state index in [1.165, 1.54) is 33.9 Å². The van der Waals surface area contributed by atoms with Gasteiger partial charge in [-0.25, -0.2) is 8.78 Å². The molecule has 0 fully saturated rings. The first-order valence-electron chi connectivity index (χ1n) is 6.99. The van der Waals surface area contributed by atoms with Gasteiger partial charge in [0.15, 0.2) is 11.6 Å². The zero-order chi connectivity index (χ0) is 14.1. The molecule has 1 heterocycles. The van der Waals surface area contributed by atoms with Gasteiger partial charge in [0.25, 0.3) is 0 Å². The predicted molar refractivity (Wildman–Crippen MR) is 78.2 cm³/mol. The smallest absolute Gasteiger partial charge is 0.159 e. The Bertz CT molecular complexity index is 599. The SMILES string of the molecule is CCNC(c1ccc(F)c(F)c1)c1cc2c(s1)CCC2. The first-order valence-corrected chi connectivity index (χ1v) is 7.80. The van der Waals surface area contributed by atoms with Crippen molar-refractivity contribution >= 4 is 11.3 Å². The average molecular weight is 293 g/mol. The van der Waals surface area contributed by atoms with Crippen LogP contribution in [0.1, 0.15) is 40.3 Å². The van der Waals surface area contributed by atoms with Gasteiger partial charge in [-0.2, -0.15) is 0 Å². The summed E-state index contributed by atoms with van der Waals surface area (Å²) in [7, 11) is 0. The van der Waals surface area contributed by atoms with Crippen molar-refractivity contribution < 1.29 is 8.78 Å². The second-order valence-corrected chi connectivity index (χ2v) is 6.28. The monoisotopic (exact) mass is 293 g/mol. The molecular formula is C16H17F2NS. The molecule has 106 valence electrons. The molecule has 1 aromatic carbocycles. The fourth-order valence-corrected chi connectivity index (χ4v) is 4.13. The lowest BCUT2D eigenvalue weighted by atomic mass is 10.0. The van der Waals surface area contributed by atoms with Crippen LogP contribution in [0.3, 0.4) is 0 Å². The van der Waals surface area contributed by atoms with Crippen molar-refractivity contribution in [3.63, 3.8) is 0 Å². The maximum Gasteiger partial charge on any atom is 0.159 e. The Morgan fingerprint density at radius 1 is 1.20 bits per heavy atom. The normalized spacial score (nSPS) is 15.3. The van der Waals surface area contributed by atoms with E-state index in [1.807, 2.05) is 6.92 Å². The maximum absolute atomic E-state index is 13.5. The molecule has 1 N–H and O–H groups in total. The number of rotatable bonds is 4. The van der Waals surface area contributed by atoms with E-state index in [9.17, 15) is 8.78 Å². The van der Waals surface area contributed by atoms with Crippen LogP contribution in [0.25, 0.3) is 0 Å². The van der Waals surface area contributed by atoms with Gasteiger partial charge in [0.05, 0.1) is 6.04 Å². The maximum atomic E-state index is 13.5. The third-order valence-corrected chi connectivity index (χ3v) is 5.04. The van der Waals surface area contributed by atoms with Gasteiger partial charge in [-0.3, -0.25) is 0 Å². The lowest BCUT2D eigenvalue weighted by Gasteiger charge is -2.17. The summed E-state index contributed by atoms with van der Waals surface area (Å²) in [5.41, 5.74) is 2.21. The van der Waals surface area contributed by atoms with E-state index >= 15 is 0 Å². The standard InChI is InChI=1S/C16H17F2NS/c1-2-19-16(11-6-7-12(17)13(18)8-11)15-9-10-4-3-5-14(10)20-15/h6-9,16,19H,2-5H2,1H3. The molecule has 0 aliphatic heterocycles. The Balaban J connectivity index is 1.96. The summed E-state index contributed by atoms with van der Waals surface area (Å²) in [5, 5.41) is 3.37. The summed E-state index contributed by atoms with van der Waals surface area (Å²) in [4.78, 5) is 2.65. The highest BCUT2D eigenvalue weighted by molar-refractivity contribution is 7.12. The van der Waals surface area contributed by atoms with Crippen LogP contribution in [0.2, 0.25) is 0 Å². The number of halogens is 2. The van der Waals surface area contributed by atoms with E-state index in [1.54, 1.807) is 17.4 Å². The van der Waals surface area contributed by atoms with Crippen LogP contribution in [0.5, 0.6) is 0 Å². The van der Waals surface area contributed by atoms with Gasteiger partial charge in [0.1, 0.15) is 0 Å². The third-order valence-electron chi connectivity index (χ3n) is 3.74. The van der Waals surface area contributed by atoms with E-state index in [0.29, 0.717) is 0 Å². The number of benzene rings is 1. The van der Waals surface area contributed by atoms with E-state index in [0.717, 1.165) is 24.9 Å². The number of thiophene rings is 1. The van der Waals surface area contributed by atoms with E-state index in [4.69, 9.17) is 0 Å². The van der Waals surface area contributed by atoms with E-state index in [2.05, 4.69) is 11.4 Å². The summed E-state index contributed by atoms with van der Waals surface area (Å²) in [5.74, 6) is -1.58. The van der Waals surface area contributed by atoms with Crippen molar-refractivity contribution in [2.24, 2.45) is 0 Å². The van der Waals surface area contributed by atoms with Crippen LogP contribution >= 0.6 is 11.3 Å². The predicted octanol–water partition coefficient (Wildman–Crippen LogP) is 4.21. The topological polar surface area (TPSA) is 12.0 Å². The van der Waals surface area contributed by atoms with Gasteiger partial charge in [0, 0.05) is 9.75 Å². The second-order valence-electron chi connectivity index (χ2n) is 5.11. The number of fused-ring (bicyclic) bond motifs is 1. The Morgan fingerprint density at radius 2 is 2.05 bits per heavy atom. The van der Waals surface area contributed by atoms with Crippen LogP contribution in [0.4, 0.5) is 8.78 Å². The number of hydrogen-bond donors (Lipinski definition) is 1. The largest absolute Gasteiger partial charge is 0.306 e. The molecule has 1 nitrogen and oxygen atoms in total. The summed E-state index contributed by atoms with van der Waals surface area (Å²) in [6, 6.07) is 6.34. The molecule has 1 unspecified atom stereocenters. The minimum Gasteiger partial charge on any atom is -0.306 e. The Hall–Kier alpha value is -1.26. The highest BCUT2D eigenvalue weighted by atomic mass is 32.1. The summed E-state index contributed by atoms with van der Waals surface area (Å²) < 4.78 is 26.5. The molecule has 4 heteroatoms. The molecule has 2 aromatic rings. The molecule has 1 aromatic heterocycles. The lowest BCUT2D eigenvalue weighted by Crippen LogP contribution is -2.21. The fourth-order valence-electron chi connectivity index (χ4n) is 2.77. The molecule has 0 amide bonds. The summed E-state index contributed by atoms with van der Waals surface area (Å²) in [6.07, 6.45) is 3.53. The third kappa shape index (κ3) is 2.50. The molecule has 0 spiro atoms. The van der Waals surface area contributed by atoms with Crippen LogP contribution in [0, 0.1) is 11.6 Å². The molecule has 20 heavy (non-hydrogen) atoms. The Kier molecular flexibility index (Phi) is 3.85. The first-order chi connectivity index (χ1) is 9.69. The van der Waals surface area contributed by atoms with Crippen LogP contribution < -0.4 is 5.32 Å². The van der Waals surface area contributed by atoms with E-state index < -0.39 is 11.6 Å². The summed E-state index contributed by atoms with van der Waals surface area (Å²) in [6.45, 7) is 2.81.